The van der Waals surface area contributed by atoms with Crippen LogP contribution in [0.1, 0.15) is 18.9 Å². The number of nitrogens with one attached hydrogen (secondary N) is 1. The topological polar surface area (TPSA) is 49.3 Å². The summed E-state index contributed by atoms with van der Waals surface area (Å²) in [4.78, 5) is 11.4. The number of aliphatic hydroxyl groups is 1. The van der Waals surface area contributed by atoms with Gasteiger partial charge in [-0.15, -0.1) is 0 Å². The van der Waals surface area contributed by atoms with E-state index in [4.69, 9.17) is 5.11 Å². The summed E-state index contributed by atoms with van der Waals surface area (Å²) in [6, 6.07) is 9.45. The van der Waals surface area contributed by atoms with Crippen LogP contribution in [0.15, 0.2) is 36.4 Å². The summed E-state index contributed by atoms with van der Waals surface area (Å²) in [6.45, 7) is 1.89. The van der Waals surface area contributed by atoms with Crippen molar-refractivity contribution in [2.24, 2.45) is 0 Å². The third-order valence-corrected chi connectivity index (χ3v) is 2.29. The van der Waals surface area contributed by atoms with Gasteiger partial charge < -0.3 is 10.4 Å². The van der Waals surface area contributed by atoms with E-state index in [1.165, 1.54) is 6.08 Å². The smallest absolute Gasteiger partial charge is 0.244 e. The number of hydrogen-bond acceptors (Lipinski definition) is 2. The molecule has 0 spiro atoms. The van der Waals surface area contributed by atoms with Gasteiger partial charge in [-0.05, 0) is 18.1 Å². The van der Waals surface area contributed by atoms with Crippen LogP contribution in [0, 0.1) is 0 Å². The fraction of sp³-hybridized carbons (Fsp3) is 0.308. The van der Waals surface area contributed by atoms with E-state index in [2.05, 4.69) is 5.32 Å². The number of benzene rings is 1. The maximum Gasteiger partial charge on any atom is 0.244 e. The Kier molecular flexibility index (Phi) is 5.29. The zero-order chi connectivity index (χ0) is 11.8. The van der Waals surface area contributed by atoms with Crippen LogP contribution >= 0.6 is 0 Å². The van der Waals surface area contributed by atoms with Crippen LogP contribution < -0.4 is 5.32 Å². The van der Waals surface area contributed by atoms with Crippen molar-refractivity contribution in [3.05, 3.63) is 42.0 Å². The van der Waals surface area contributed by atoms with Gasteiger partial charge in [-0.2, -0.15) is 0 Å². The lowest BCUT2D eigenvalue weighted by molar-refractivity contribution is -0.117. The minimum absolute atomic E-state index is 0.0264. The Bertz CT molecular complexity index is 342. The predicted octanol–water partition coefficient (Wildman–Crippen LogP) is 1.59. The third kappa shape index (κ3) is 4.28. The Morgan fingerprint density at radius 3 is 2.69 bits per heavy atom. The zero-order valence-corrected chi connectivity index (χ0v) is 9.39. The van der Waals surface area contributed by atoms with E-state index in [0.29, 0.717) is 0 Å². The molecule has 1 aromatic carbocycles. The largest absolute Gasteiger partial charge is 0.394 e. The standard InChI is InChI=1S/C13H17NO2/c1-2-12(10-15)14-13(16)9-8-11-6-4-3-5-7-11/h3-9,12,15H,2,10H2,1H3,(H,14,16)/b9-8-/t12-/m0/s1. The van der Waals surface area contributed by atoms with Crippen molar-refractivity contribution in [3.8, 4) is 0 Å². The molecular weight excluding hydrogens is 202 g/mol. The van der Waals surface area contributed by atoms with Gasteiger partial charge in [0.05, 0.1) is 12.6 Å². The van der Waals surface area contributed by atoms with Crippen molar-refractivity contribution in [2.75, 3.05) is 6.61 Å². The Morgan fingerprint density at radius 2 is 2.12 bits per heavy atom. The van der Waals surface area contributed by atoms with E-state index in [1.807, 2.05) is 37.3 Å². The third-order valence-electron chi connectivity index (χ3n) is 2.29. The van der Waals surface area contributed by atoms with Crippen LogP contribution in [0.4, 0.5) is 0 Å². The van der Waals surface area contributed by atoms with Gasteiger partial charge in [0.2, 0.25) is 5.91 Å². The van der Waals surface area contributed by atoms with Crippen LogP contribution in [0.3, 0.4) is 0 Å². The van der Waals surface area contributed by atoms with Crippen molar-refractivity contribution >= 4 is 12.0 Å². The molecule has 0 heterocycles. The zero-order valence-electron chi connectivity index (χ0n) is 9.39. The molecule has 86 valence electrons. The summed E-state index contributed by atoms with van der Waals surface area (Å²) >= 11 is 0. The Morgan fingerprint density at radius 1 is 1.44 bits per heavy atom. The molecule has 2 N–H and O–H groups in total. The lowest BCUT2D eigenvalue weighted by atomic mass is 10.2. The normalized spacial score (nSPS) is 12.6. The number of carbonyl (C=O) groups excluding carboxylic acids is 1. The molecule has 0 radical (unpaired) electrons. The molecule has 0 aromatic heterocycles. The maximum absolute atomic E-state index is 11.4. The summed E-state index contributed by atoms with van der Waals surface area (Å²) in [5, 5.41) is 11.6. The molecular formula is C13H17NO2. The van der Waals surface area contributed by atoms with Gasteiger partial charge in [-0.1, -0.05) is 37.3 Å². The fourth-order valence-corrected chi connectivity index (χ4v) is 1.26. The Balaban J connectivity index is 2.48. The first-order valence-corrected chi connectivity index (χ1v) is 5.40. The van der Waals surface area contributed by atoms with Crippen LogP contribution in [0.25, 0.3) is 6.08 Å². The highest BCUT2D eigenvalue weighted by Crippen LogP contribution is 2.00. The number of carbonyl (C=O) groups is 1. The average molecular weight is 219 g/mol. The molecule has 0 fully saturated rings. The second-order valence-electron chi connectivity index (χ2n) is 3.54. The second-order valence-corrected chi connectivity index (χ2v) is 3.54. The van der Waals surface area contributed by atoms with E-state index in [-0.39, 0.29) is 18.6 Å². The van der Waals surface area contributed by atoms with Crippen LogP contribution in [0.2, 0.25) is 0 Å². The number of amides is 1. The number of aliphatic hydroxyl groups excluding tert-OH is 1. The van der Waals surface area contributed by atoms with Gasteiger partial charge in [0.1, 0.15) is 0 Å². The highest BCUT2D eigenvalue weighted by atomic mass is 16.3. The van der Waals surface area contributed by atoms with E-state index in [9.17, 15) is 4.79 Å². The van der Waals surface area contributed by atoms with Crippen molar-refractivity contribution in [3.63, 3.8) is 0 Å². The first kappa shape index (κ1) is 12.5. The molecule has 1 amide bonds. The fourth-order valence-electron chi connectivity index (χ4n) is 1.26. The molecule has 0 aliphatic heterocycles. The molecule has 16 heavy (non-hydrogen) atoms. The first-order chi connectivity index (χ1) is 7.76. The number of rotatable bonds is 5. The molecule has 1 atom stereocenters. The minimum atomic E-state index is -0.176. The van der Waals surface area contributed by atoms with Crippen molar-refractivity contribution in [1.82, 2.24) is 5.32 Å². The Hall–Kier alpha value is -1.61. The summed E-state index contributed by atoms with van der Waals surface area (Å²) in [5.41, 5.74) is 0.981. The molecule has 3 nitrogen and oxygen atoms in total. The van der Waals surface area contributed by atoms with Crippen molar-refractivity contribution < 1.29 is 9.90 Å². The molecule has 0 saturated heterocycles. The van der Waals surface area contributed by atoms with Crippen molar-refractivity contribution in [2.45, 2.75) is 19.4 Å². The quantitative estimate of drug-likeness (QED) is 0.739. The molecule has 0 saturated carbocycles. The van der Waals surface area contributed by atoms with Gasteiger partial charge in [0.15, 0.2) is 0 Å². The lowest BCUT2D eigenvalue weighted by Gasteiger charge is -2.11. The van der Waals surface area contributed by atoms with Crippen molar-refractivity contribution in [1.29, 1.82) is 0 Å². The molecule has 0 bridgehead atoms. The summed E-state index contributed by atoms with van der Waals surface area (Å²) in [5.74, 6) is -0.176. The molecule has 3 heteroatoms. The van der Waals surface area contributed by atoms with E-state index in [1.54, 1.807) is 6.08 Å². The van der Waals surface area contributed by atoms with Crippen LogP contribution in [-0.4, -0.2) is 23.7 Å². The maximum atomic E-state index is 11.4. The average Bonchev–Trinajstić information content (AvgIpc) is 2.34. The van der Waals surface area contributed by atoms with E-state index >= 15 is 0 Å². The summed E-state index contributed by atoms with van der Waals surface area (Å²) < 4.78 is 0. The van der Waals surface area contributed by atoms with Gasteiger partial charge in [-0.25, -0.2) is 0 Å². The molecule has 1 rings (SSSR count). The SMILES string of the molecule is CC[C@@H](CO)NC(=O)/C=C\c1ccccc1. The van der Waals surface area contributed by atoms with Gasteiger partial charge in [0, 0.05) is 6.08 Å². The molecule has 0 aliphatic rings. The van der Waals surface area contributed by atoms with Gasteiger partial charge in [0.25, 0.3) is 0 Å². The lowest BCUT2D eigenvalue weighted by Crippen LogP contribution is -2.35. The van der Waals surface area contributed by atoms with E-state index < -0.39 is 0 Å². The first-order valence-electron chi connectivity index (χ1n) is 5.40. The van der Waals surface area contributed by atoms with Crippen LogP contribution in [0.5, 0.6) is 0 Å². The van der Waals surface area contributed by atoms with Gasteiger partial charge >= 0.3 is 0 Å². The highest BCUT2D eigenvalue weighted by molar-refractivity contribution is 5.91. The van der Waals surface area contributed by atoms with Crippen LogP contribution in [-0.2, 0) is 4.79 Å². The second kappa shape index (κ2) is 6.80. The predicted molar refractivity (Wildman–Crippen MR) is 64.8 cm³/mol. The molecule has 1 aromatic rings. The summed E-state index contributed by atoms with van der Waals surface area (Å²) in [7, 11) is 0. The summed E-state index contributed by atoms with van der Waals surface area (Å²) in [6.07, 6.45) is 3.95. The molecule has 0 unspecified atom stereocenters. The monoisotopic (exact) mass is 219 g/mol. The highest BCUT2D eigenvalue weighted by Gasteiger charge is 2.05. The molecule has 0 aliphatic carbocycles. The Labute approximate surface area is 95.8 Å². The minimum Gasteiger partial charge on any atom is -0.394 e. The number of hydrogen-bond donors (Lipinski definition) is 2. The van der Waals surface area contributed by atoms with E-state index in [0.717, 1.165) is 12.0 Å². The van der Waals surface area contributed by atoms with Gasteiger partial charge in [-0.3, -0.25) is 4.79 Å².